The summed E-state index contributed by atoms with van der Waals surface area (Å²) in [7, 11) is 1.60. The number of hydrogen-bond acceptors (Lipinski definition) is 3. The molecule has 0 fully saturated rings. The third-order valence-electron chi connectivity index (χ3n) is 2.22. The molecule has 0 saturated carbocycles. The lowest BCUT2D eigenvalue weighted by Crippen LogP contribution is -2.08. The molecule has 0 amide bonds. The molecule has 0 aliphatic carbocycles. The SMILES string of the molecule is Cn1cncc1-c1nc(C(F)(F)F)ccc1O. The Bertz CT molecular complexity index is 548. The zero-order valence-electron chi connectivity index (χ0n) is 8.73. The van der Waals surface area contributed by atoms with E-state index in [0.29, 0.717) is 5.69 Å². The molecule has 0 radical (unpaired) electrons. The Labute approximate surface area is 94.4 Å². The summed E-state index contributed by atoms with van der Waals surface area (Å²) >= 11 is 0. The number of nitrogens with zero attached hydrogens (tertiary/aromatic N) is 3. The maximum absolute atomic E-state index is 12.5. The second kappa shape index (κ2) is 3.76. The number of aromatic nitrogens is 3. The fourth-order valence-corrected chi connectivity index (χ4v) is 1.38. The first kappa shape index (κ1) is 11.4. The molecule has 0 unspecified atom stereocenters. The molecule has 4 nitrogen and oxygen atoms in total. The van der Waals surface area contributed by atoms with Crippen molar-refractivity contribution in [1.82, 2.24) is 14.5 Å². The average molecular weight is 243 g/mol. The Morgan fingerprint density at radius 2 is 2.00 bits per heavy atom. The molecule has 7 heteroatoms. The van der Waals surface area contributed by atoms with Crippen molar-refractivity contribution in [2.45, 2.75) is 6.18 Å². The fourth-order valence-electron chi connectivity index (χ4n) is 1.38. The van der Waals surface area contributed by atoms with E-state index in [1.807, 2.05) is 0 Å². The maximum atomic E-state index is 12.5. The van der Waals surface area contributed by atoms with E-state index in [2.05, 4.69) is 9.97 Å². The molecule has 0 bridgehead atoms. The van der Waals surface area contributed by atoms with Crippen molar-refractivity contribution >= 4 is 0 Å². The van der Waals surface area contributed by atoms with Crippen LogP contribution >= 0.6 is 0 Å². The van der Waals surface area contributed by atoms with E-state index < -0.39 is 11.9 Å². The average Bonchev–Trinajstić information content (AvgIpc) is 2.63. The minimum Gasteiger partial charge on any atom is -0.506 e. The molecule has 2 aromatic rings. The third-order valence-corrected chi connectivity index (χ3v) is 2.22. The van der Waals surface area contributed by atoms with Crippen LogP contribution in [0.3, 0.4) is 0 Å². The van der Waals surface area contributed by atoms with E-state index in [1.165, 1.54) is 17.1 Å². The summed E-state index contributed by atoms with van der Waals surface area (Å²) in [4.78, 5) is 7.17. The van der Waals surface area contributed by atoms with Gasteiger partial charge in [-0.15, -0.1) is 0 Å². The highest BCUT2D eigenvalue weighted by Crippen LogP contribution is 2.33. The van der Waals surface area contributed by atoms with E-state index in [0.717, 1.165) is 12.1 Å². The first-order valence-electron chi connectivity index (χ1n) is 4.63. The standard InChI is InChI=1S/C10H8F3N3O/c1-16-5-14-4-6(16)9-7(17)2-3-8(15-9)10(11,12)13/h2-5,17H,1H3. The number of halogens is 3. The smallest absolute Gasteiger partial charge is 0.433 e. The molecule has 1 N–H and O–H groups in total. The van der Waals surface area contributed by atoms with Gasteiger partial charge in [-0.1, -0.05) is 0 Å². The van der Waals surface area contributed by atoms with Crippen molar-refractivity contribution in [2.24, 2.45) is 7.05 Å². The van der Waals surface area contributed by atoms with Crippen molar-refractivity contribution < 1.29 is 18.3 Å². The van der Waals surface area contributed by atoms with Crippen LogP contribution in [0.4, 0.5) is 13.2 Å². The van der Waals surface area contributed by atoms with Crippen LogP contribution in [0, 0.1) is 0 Å². The van der Waals surface area contributed by atoms with Crippen molar-refractivity contribution in [3.05, 3.63) is 30.4 Å². The molecule has 2 heterocycles. The minimum absolute atomic E-state index is 0.139. The Morgan fingerprint density at radius 3 is 2.53 bits per heavy atom. The topological polar surface area (TPSA) is 50.9 Å². The lowest BCUT2D eigenvalue weighted by atomic mass is 10.2. The maximum Gasteiger partial charge on any atom is 0.433 e. The van der Waals surface area contributed by atoms with Gasteiger partial charge in [0.15, 0.2) is 0 Å². The summed E-state index contributed by atoms with van der Waals surface area (Å²) in [5.74, 6) is -0.318. The summed E-state index contributed by atoms with van der Waals surface area (Å²) in [6.07, 6.45) is -1.79. The van der Waals surface area contributed by atoms with Crippen LogP contribution in [0.1, 0.15) is 5.69 Å². The predicted molar refractivity (Wildman–Crippen MR) is 53.1 cm³/mol. The normalized spacial score (nSPS) is 11.8. The number of rotatable bonds is 1. The molecule has 0 aliphatic rings. The molecule has 2 aromatic heterocycles. The van der Waals surface area contributed by atoms with Gasteiger partial charge in [-0.2, -0.15) is 13.2 Å². The van der Waals surface area contributed by atoms with Gasteiger partial charge in [0.25, 0.3) is 0 Å². The van der Waals surface area contributed by atoms with E-state index in [-0.39, 0.29) is 11.4 Å². The zero-order chi connectivity index (χ0) is 12.6. The summed E-state index contributed by atoms with van der Waals surface area (Å²) in [5, 5.41) is 9.53. The molecule has 0 saturated heterocycles. The Hall–Kier alpha value is -2.05. The predicted octanol–water partition coefficient (Wildman–Crippen LogP) is 2.21. The Balaban J connectivity index is 2.58. The fraction of sp³-hybridized carbons (Fsp3) is 0.200. The van der Waals surface area contributed by atoms with Crippen molar-refractivity contribution in [1.29, 1.82) is 0 Å². The molecule has 2 rings (SSSR count). The van der Waals surface area contributed by atoms with E-state index in [9.17, 15) is 18.3 Å². The van der Waals surface area contributed by atoms with Crippen LogP contribution in [0.25, 0.3) is 11.4 Å². The van der Waals surface area contributed by atoms with Crippen LogP contribution in [0.15, 0.2) is 24.7 Å². The van der Waals surface area contributed by atoms with Crippen LogP contribution in [0.5, 0.6) is 5.75 Å². The van der Waals surface area contributed by atoms with Crippen LogP contribution < -0.4 is 0 Å². The number of imidazole rings is 1. The highest BCUT2D eigenvalue weighted by molar-refractivity contribution is 5.62. The van der Waals surface area contributed by atoms with Gasteiger partial charge in [-0.3, -0.25) is 0 Å². The quantitative estimate of drug-likeness (QED) is 0.835. The van der Waals surface area contributed by atoms with Crippen molar-refractivity contribution in [3.8, 4) is 17.1 Å². The van der Waals surface area contributed by atoms with Gasteiger partial charge in [0, 0.05) is 7.05 Å². The molecule has 90 valence electrons. The molecule has 0 aromatic carbocycles. The highest BCUT2D eigenvalue weighted by Gasteiger charge is 2.33. The van der Waals surface area contributed by atoms with E-state index >= 15 is 0 Å². The Kier molecular flexibility index (Phi) is 2.53. The van der Waals surface area contributed by atoms with Gasteiger partial charge in [-0.05, 0) is 12.1 Å². The zero-order valence-corrected chi connectivity index (χ0v) is 8.73. The van der Waals surface area contributed by atoms with Crippen LogP contribution in [-0.4, -0.2) is 19.6 Å². The lowest BCUT2D eigenvalue weighted by Gasteiger charge is -2.09. The van der Waals surface area contributed by atoms with Crippen molar-refractivity contribution in [3.63, 3.8) is 0 Å². The van der Waals surface area contributed by atoms with Gasteiger partial charge >= 0.3 is 6.18 Å². The Morgan fingerprint density at radius 1 is 1.29 bits per heavy atom. The second-order valence-corrected chi connectivity index (χ2v) is 3.45. The van der Waals surface area contributed by atoms with E-state index in [1.54, 1.807) is 7.05 Å². The van der Waals surface area contributed by atoms with Gasteiger partial charge in [0.05, 0.1) is 18.2 Å². The molecule has 0 spiro atoms. The third kappa shape index (κ3) is 2.08. The van der Waals surface area contributed by atoms with Gasteiger partial charge in [0.1, 0.15) is 17.1 Å². The second-order valence-electron chi connectivity index (χ2n) is 3.45. The largest absolute Gasteiger partial charge is 0.506 e. The monoisotopic (exact) mass is 243 g/mol. The van der Waals surface area contributed by atoms with Gasteiger partial charge in [-0.25, -0.2) is 9.97 Å². The summed E-state index contributed by atoms with van der Waals surface area (Å²) in [5.41, 5.74) is -0.875. The van der Waals surface area contributed by atoms with Crippen LogP contribution in [-0.2, 0) is 13.2 Å². The number of aromatic hydroxyl groups is 1. The summed E-state index contributed by atoms with van der Waals surface area (Å²) in [6.45, 7) is 0. The summed E-state index contributed by atoms with van der Waals surface area (Å²) in [6, 6.07) is 1.70. The lowest BCUT2D eigenvalue weighted by molar-refractivity contribution is -0.141. The van der Waals surface area contributed by atoms with Crippen molar-refractivity contribution in [2.75, 3.05) is 0 Å². The number of pyridine rings is 1. The number of hydrogen-bond donors (Lipinski definition) is 1. The first-order chi connectivity index (χ1) is 7.89. The van der Waals surface area contributed by atoms with Crippen LogP contribution in [0.2, 0.25) is 0 Å². The van der Waals surface area contributed by atoms with Gasteiger partial charge < -0.3 is 9.67 Å². The minimum atomic E-state index is -4.54. The highest BCUT2D eigenvalue weighted by atomic mass is 19.4. The summed E-state index contributed by atoms with van der Waals surface area (Å²) < 4.78 is 38.9. The van der Waals surface area contributed by atoms with E-state index in [4.69, 9.17) is 0 Å². The molecule has 17 heavy (non-hydrogen) atoms. The molecule has 0 atom stereocenters. The molecule has 0 aliphatic heterocycles. The molecular weight excluding hydrogens is 235 g/mol. The number of aryl methyl sites for hydroxylation is 1. The first-order valence-corrected chi connectivity index (χ1v) is 4.63. The van der Waals surface area contributed by atoms with Gasteiger partial charge in [0.2, 0.25) is 0 Å². The molecular formula is C10H8F3N3O. The number of alkyl halides is 3.